The quantitative estimate of drug-likeness (QED) is 0.0485. The number of hydrogen-bond donors (Lipinski definition) is 12. The molecule has 0 aliphatic rings. The van der Waals surface area contributed by atoms with E-state index in [1.54, 1.807) is 0 Å². The summed E-state index contributed by atoms with van der Waals surface area (Å²) in [7, 11) is 1.40. The second-order valence-electron chi connectivity index (χ2n) is 14.3. The summed E-state index contributed by atoms with van der Waals surface area (Å²) in [6.07, 6.45) is 0. The van der Waals surface area contributed by atoms with Crippen LogP contribution in [-0.2, 0) is 57.5 Å². The fourth-order valence-electron chi connectivity index (χ4n) is 4.63. The van der Waals surface area contributed by atoms with E-state index in [4.69, 9.17) is 0 Å². The van der Waals surface area contributed by atoms with Crippen molar-refractivity contribution in [3.8, 4) is 0 Å². The molecule has 0 fully saturated rings. The minimum Gasteiger partial charge on any atom is -0.357 e. The molecule has 0 bridgehead atoms. The average molecular weight is 855 g/mol. The van der Waals surface area contributed by atoms with E-state index >= 15 is 0 Å². The van der Waals surface area contributed by atoms with Crippen LogP contribution in [0.4, 0.5) is 0 Å². The molecular weight excluding hydrogens is 792 g/mol. The Morgan fingerprint density at radius 1 is 0.233 bits per heavy atom. The van der Waals surface area contributed by atoms with Crippen LogP contribution in [0.25, 0.3) is 0 Å². The highest BCUT2D eigenvalue weighted by Gasteiger charge is 2.30. The second kappa shape index (κ2) is 25.2. The Bertz CT molecular complexity index is 1640. The monoisotopic (exact) mass is 854 g/mol. The van der Waals surface area contributed by atoms with E-state index in [0.29, 0.717) is 0 Å². The molecule has 24 heteroatoms. The van der Waals surface area contributed by atoms with E-state index in [-0.39, 0.29) is 0 Å². The van der Waals surface area contributed by atoms with Crippen molar-refractivity contribution in [1.82, 2.24) is 63.8 Å². The third kappa shape index (κ3) is 18.9. The molecule has 0 unspecified atom stereocenters. The number of nitrogens with one attached hydrogen (secondary N) is 12. The number of likely N-dealkylation sites (N-methyl/N-ethyl adjacent to an activating group) is 1. The van der Waals surface area contributed by atoms with Gasteiger partial charge in [-0.15, -0.1) is 0 Å². The highest BCUT2D eigenvalue weighted by molar-refractivity contribution is 5.98. The van der Waals surface area contributed by atoms with Gasteiger partial charge in [0.25, 0.3) is 0 Å². The molecule has 60 heavy (non-hydrogen) atoms. The van der Waals surface area contributed by atoms with Crippen LogP contribution in [0, 0.1) is 0 Å². The summed E-state index contributed by atoms with van der Waals surface area (Å²) in [5.74, 6) is -8.22. The number of hydrogen-bond acceptors (Lipinski definition) is 12. The van der Waals surface area contributed by atoms with Gasteiger partial charge in [0.05, 0.1) is 0 Å². The first-order valence-electron chi connectivity index (χ1n) is 19.2. The Kier molecular flexibility index (Phi) is 22.5. The van der Waals surface area contributed by atoms with Crippen LogP contribution in [0.3, 0.4) is 0 Å². The molecule has 0 saturated carbocycles. The fraction of sp³-hybridized carbons (Fsp3) is 0.667. The minimum atomic E-state index is -1.20. The van der Waals surface area contributed by atoms with Crippen LogP contribution < -0.4 is 63.8 Å². The lowest BCUT2D eigenvalue weighted by molar-refractivity contribution is -0.135. The van der Waals surface area contributed by atoms with E-state index in [1.165, 1.54) is 90.1 Å². The smallest absolute Gasteiger partial charge is 0.242 e. The first kappa shape index (κ1) is 53.6. The topological polar surface area (TPSA) is 349 Å². The molecule has 0 aromatic heterocycles. The minimum absolute atomic E-state index is 0.438. The lowest BCUT2D eigenvalue weighted by atomic mass is 10.2. The summed E-state index contributed by atoms with van der Waals surface area (Å²) in [4.78, 5) is 149. The van der Waals surface area contributed by atoms with Crippen molar-refractivity contribution in [1.29, 1.82) is 0 Å². The van der Waals surface area contributed by atoms with E-state index in [9.17, 15) is 57.5 Å². The maximum absolute atomic E-state index is 12.8. The van der Waals surface area contributed by atoms with Gasteiger partial charge in [0, 0.05) is 14.0 Å². The van der Waals surface area contributed by atoms with Crippen LogP contribution in [-0.4, -0.2) is 144 Å². The summed E-state index contributed by atoms with van der Waals surface area (Å²) in [6, 6.07) is -12.1. The Hall–Kier alpha value is -6.36. The van der Waals surface area contributed by atoms with Crippen molar-refractivity contribution in [3.05, 3.63) is 0 Å². The zero-order chi connectivity index (χ0) is 46.8. The van der Waals surface area contributed by atoms with Gasteiger partial charge < -0.3 is 63.8 Å². The molecule has 0 rings (SSSR count). The number of carbonyl (C=O) groups is 12. The summed E-state index contributed by atoms with van der Waals surface area (Å²) in [5.41, 5.74) is 0. The zero-order valence-corrected chi connectivity index (χ0v) is 36.2. The van der Waals surface area contributed by atoms with Gasteiger partial charge in [-0.2, -0.15) is 0 Å². The molecule has 12 N–H and O–H groups in total. The number of rotatable bonds is 22. The van der Waals surface area contributed by atoms with Gasteiger partial charge >= 0.3 is 0 Å². The third-order valence-electron chi connectivity index (χ3n) is 8.58. The molecule has 0 aromatic rings. The van der Waals surface area contributed by atoms with Crippen LogP contribution in [0.15, 0.2) is 0 Å². The summed E-state index contributed by atoms with van der Waals surface area (Å²) >= 11 is 0. The predicted molar refractivity (Wildman–Crippen MR) is 213 cm³/mol. The van der Waals surface area contributed by atoms with Gasteiger partial charge in [-0.05, 0) is 76.2 Å². The molecule has 0 spiro atoms. The molecule has 338 valence electrons. The van der Waals surface area contributed by atoms with Crippen molar-refractivity contribution in [2.24, 2.45) is 0 Å². The fourth-order valence-corrected chi connectivity index (χ4v) is 4.63. The van der Waals surface area contributed by atoms with Crippen LogP contribution in [0.1, 0.15) is 83.1 Å². The molecule has 24 nitrogen and oxygen atoms in total. The van der Waals surface area contributed by atoms with Crippen molar-refractivity contribution < 1.29 is 57.5 Å². The van der Waals surface area contributed by atoms with Gasteiger partial charge in [0.2, 0.25) is 70.9 Å². The Balaban J connectivity index is 4.90. The van der Waals surface area contributed by atoms with Gasteiger partial charge in [-0.25, -0.2) is 0 Å². The maximum Gasteiger partial charge on any atom is 0.242 e. The van der Waals surface area contributed by atoms with Crippen LogP contribution >= 0.6 is 0 Å². The molecule has 0 heterocycles. The summed E-state index contributed by atoms with van der Waals surface area (Å²) < 4.78 is 0. The summed E-state index contributed by atoms with van der Waals surface area (Å²) in [6.45, 7) is 16.2. The standard InChI is InChI=1S/C36H62N12O12/c1-14(26(50)37-13)39-28(52)16(3)41-30(54)18(5)43-32(56)20(7)45-34(58)22(9)47-36(60)24(11)48-35(59)23(10)46-33(57)21(8)44-31(55)19(6)42-29(53)17(4)40-27(51)15(2)38-25(12)49/h14-24H,1-13H3,(H,37,50)(H,38,49)(H,39,52)(H,40,51)(H,41,54)(H,42,53)(H,43,56)(H,44,55)(H,45,58)(H,46,57)(H,47,60)(H,48,59)/t14-,15-,16-,17-,18-,19-,20-,21-,22-,23-,24-/m0/s1. The van der Waals surface area contributed by atoms with Crippen molar-refractivity contribution in [3.63, 3.8) is 0 Å². The van der Waals surface area contributed by atoms with Gasteiger partial charge in [0.15, 0.2) is 0 Å². The molecule has 0 aliphatic carbocycles. The Morgan fingerprint density at radius 2 is 0.350 bits per heavy atom. The first-order chi connectivity index (χ1) is 27.6. The normalized spacial score (nSPS) is 16.1. The third-order valence-corrected chi connectivity index (χ3v) is 8.58. The average Bonchev–Trinajstić information content (AvgIpc) is 3.16. The molecular formula is C36H62N12O12. The van der Waals surface area contributed by atoms with Gasteiger partial charge in [0.1, 0.15) is 66.5 Å². The van der Waals surface area contributed by atoms with Crippen molar-refractivity contribution in [2.45, 2.75) is 150 Å². The highest BCUT2D eigenvalue weighted by atomic mass is 16.2. The molecule has 0 radical (unpaired) electrons. The molecule has 0 saturated heterocycles. The molecule has 11 atom stereocenters. The van der Waals surface area contributed by atoms with Crippen LogP contribution in [0.5, 0.6) is 0 Å². The van der Waals surface area contributed by atoms with E-state index in [2.05, 4.69) is 63.8 Å². The predicted octanol–water partition coefficient (Wildman–Crippen LogP) is -5.70. The Labute approximate surface area is 348 Å². The lowest BCUT2D eigenvalue weighted by Crippen LogP contribution is -2.58. The molecule has 0 aliphatic heterocycles. The second-order valence-corrected chi connectivity index (χ2v) is 14.3. The largest absolute Gasteiger partial charge is 0.357 e. The zero-order valence-electron chi connectivity index (χ0n) is 36.2. The first-order valence-corrected chi connectivity index (χ1v) is 19.2. The van der Waals surface area contributed by atoms with E-state index < -0.39 is 137 Å². The highest BCUT2D eigenvalue weighted by Crippen LogP contribution is 1.97. The van der Waals surface area contributed by atoms with E-state index in [1.807, 2.05) is 0 Å². The Morgan fingerprint density at radius 3 is 0.467 bits per heavy atom. The summed E-state index contributed by atoms with van der Waals surface area (Å²) in [5, 5.41) is 28.8. The van der Waals surface area contributed by atoms with Crippen molar-refractivity contribution >= 4 is 70.9 Å². The molecule has 0 aromatic carbocycles. The lowest BCUT2D eigenvalue weighted by Gasteiger charge is -2.23. The number of carbonyl (C=O) groups excluding carboxylic acids is 12. The molecule has 12 amide bonds. The van der Waals surface area contributed by atoms with Gasteiger partial charge in [-0.1, -0.05) is 0 Å². The SMILES string of the molecule is CNC(=O)[C@H](C)NC(=O)[C@H](C)NC(=O)[C@H](C)NC(=O)[C@H](C)NC(=O)[C@H](C)NC(=O)[C@H](C)NC(=O)[C@H](C)NC(=O)[C@H](C)NC(=O)[C@H](C)NC(=O)[C@H](C)NC(=O)[C@H](C)NC(C)=O. The number of amides is 12. The van der Waals surface area contributed by atoms with Gasteiger partial charge in [-0.3, -0.25) is 57.5 Å². The van der Waals surface area contributed by atoms with Crippen molar-refractivity contribution in [2.75, 3.05) is 7.05 Å². The van der Waals surface area contributed by atoms with Crippen LogP contribution in [0.2, 0.25) is 0 Å². The maximum atomic E-state index is 12.8. The van der Waals surface area contributed by atoms with E-state index in [0.717, 1.165) is 0 Å².